The second-order valence-corrected chi connectivity index (χ2v) is 4.91. The third-order valence-electron chi connectivity index (χ3n) is 3.14. The Morgan fingerprint density at radius 2 is 2.06 bits per heavy atom. The molecule has 0 aliphatic heterocycles. The fourth-order valence-corrected chi connectivity index (χ4v) is 1.93. The molecule has 94 valence electrons. The molecular formula is C14H15ClN2O. The number of aromatic nitrogens is 2. The van der Waals surface area contributed by atoms with E-state index in [1.807, 2.05) is 39.0 Å². The van der Waals surface area contributed by atoms with Crippen molar-refractivity contribution in [1.82, 2.24) is 9.78 Å². The third-order valence-corrected chi connectivity index (χ3v) is 3.33. The van der Waals surface area contributed by atoms with Crippen molar-refractivity contribution in [2.45, 2.75) is 26.8 Å². The monoisotopic (exact) mass is 262 g/mol. The van der Waals surface area contributed by atoms with Crippen LogP contribution in [0.15, 0.2) is 30.6 Å². The van der Waals surface area contributed by atoms with Gasteiger partial charge in [-0.15, -0.1) is 0 Å². The fourth-order valence-electron chi connectivity index (χ4n) is 1.78. The van der Waals surface area contributed by atoms with Crippen LogP contribution in [0.4, 0.5) is 0 Å². The molecule has 0 N–H and O–H groups in total. The van der Waals surface area contributed by atoms with Gasteiger partial charge in [0.15, 0.2) is 5.78 Å². The number of benzene rings is 1. The van der Waals surface area contributed by atoms with Gasteiger partial charge in [-0.25, -0.2) is 0 Å². The van der Waals surface area contributed by atoms with Crippen molar-refractivity contribution in [3.63, 3.8) is 0 Å². The van der Waals surface area contributed by atoms with Gasteiger partial charge in [0.2, 0.25) is 0 Å². The van der Waals surface area contributed by atoms with Crippen LogP contribution in [0, 0.1) is 13.8 Å². The zero-order chi connectivity index (χ0) is 13.3. The lowest BCUT2D eigenvalue weighted by molar-refractivity contribution is 0.0928. The van der Waals surface area contributed by atoms with Crippen LogP contribution in [0.5, 0.6) is 0 Å². The van der Waals surface area contributed by atoms with Gasteiger partial charge >= 0.3 is 0 Å². The highest BCUT2D eigenvalue weighted by atomic mass is 35.5. The molecule has 4 heteroatoms. The van der Waals surface area contributed by atoms with Gasteiger partial charge in [0, 0.05) is 11.8 Å². The maximum absolute atomic E-state index is 12.3. The van der Waals surface area contributed by atoms with Gasteiger partial charge in [0.25, 0.3) is 0 Å². The quantitative estimate of drug-likeness (QED) is 0.792. The number of carbonyl (C=O) groups is 1. The molecule has 0 radical (unpaired) electrons. The SMILES string of the molecule is Cc1ccc(C(=O)C(C)n2cc(Cl)cn2)cc1C. The zero-order valence-electron chi connectivity index (χ0n) is 10.6. The molecule has 2 rings (SSSR count). The van der Waals surface area contributed by atoms with Crippen LogP contribution in [0.2, 0.25) is 5.02 Å². The van der Waals surface area contributed by atoms with E-state index in [0.29, 0.717) is 10.6 Å². The molecule has 0 aliphatic rings. The Hall–Kier alpha value is -1.61. The van der Waals surface area contributed by atoms with E-state index >= 15 is 0 Å². The first kappa shape index (κ1) is 12.8. The predicted octanol–water partition coefficient (Wildman–Crippen LogP) is 3.60. The molecular weight excluding hydrogens is 248 g/mol. The largest absolute Gasteiger partial charge is 0.292 e. The number of ketones is 1. The van der Waals surface area contributed by atoms with Crippen LogP contribution in [-0.4, -0.2) is 15.6 Å². The molecule has 0 spiro atoms. The van der Waals surface area contributed by atoms with Crippen molar-refractivity contribution in [2.75, 3.05) is 0 Å². The summed E-state index contributed by atoms with van der Waals surface area (Å²) in [7, 11) is 0. The van der Waals surface area contributed by atoms with Crippen molar-refractivity contribution in [1.29, 1.82) is 0 Å². The van der Waals surface area contributed by atoms with Crippen LogP contribution in [0.1, 0.15) is 34.5 Å². The average molecular weight is 263 g/mol. The summed E-state index contributed by atoms with van der Waals surface area (Å²) >= 11 is 5.81. The van der Waals surface area contributed by atoms with Crippen LogP contribution in [0.3, 0.4) is 0 Å². The minimum absolute atomic E-state index is 0.0397. The lowest BCUT2D eigenvalue weighted by atomic mass is 10.0. The predicted molar refractivity (Wildman–Crippen MR) is 72.2 cm³/mol. The highest BCUT2D eigenvalue weighted by Crippen LogP contribution is 2.18. The van der Waals surface area contributed by atoms with E-state index in [0.717, 1.165) is 5.56 Å². The molecule has 1 heterocycles. The molecule has 0 fully saturated rings. The van der Waals surface area contributed by atoms with E-state index < -0.39 is 0 Å². The van der Waals surface area contributed by atoms with Crippen molar-refractivity contribution in [3.8, 4) is 0 Å². The highest BCUT2D eigenvalue weighted by Gasteiger charge is 2.18. The van der Waals surface area contributed by atoms with E-state index in [1.54, 1.807) is 10.9 Å². The number of Topliss-reactive ketones (excluding diaryl/α,β-unsaturated/α-hetero) is 1. The number of rotatable bonds is 3. The molecule has 0 bridgehead atoms. The van der Waals surface area contributed by atoms with Crippen LogP contribution >= 0.6 is 11.6 Å². The number of nitrogens with zero attached hydrogens (tertiary/aromatic N) is 2. The van der Waals surface area contributed by atoms with Gasteiger partial charge in [-0.2, -0.15) is 5.10 Å². The van der Waals surface area contributed by atoms with Gasteiger partial charge in [0.1, 0.15) is 6.04 Å². The molecule has 0 saturated carbocycles. The molecule has 0 saturated heterocycles. The maximum Gasteiger partial charge on any atom is 0.187 e. The number of hydrogen-bond acceptors (Lipinski definition) is 2. The van der Waals surface area contributed by atoms with Crippen LogP contribution in [-0.2, 0) is 0 Å². The summed E-state index contributed by atoms with van der Waals surface area (Å²) in [5.74, 6) is 0.0397. The molecule has 2 aromatic rings. The Morgan fingerprint density at radius 1 is 1.33 bits per heavy atom. The third kappa shape index (κ3) is 2.46. The first-order valence-electron chi connectivity index (χ1n) is 5.80. The lowest BCUT2D eigenvalue weighted by Crippen LogP contribution is -2.17. The summed E-state index contributed by atoms with van der Waals surface area (Å²) in [5.41, 5.74) is 3.00. The van der Waals surface area contributed by atoms with Gasteiger partial charge in [-0.05, 0) is 38.0 Å². The Labute approximate surface area is 111 Å². The van der Waals surface area contributed by atoms with Crippen molar-refractivity contribution in [3.05, 3.63) is 52.3 Å². The summed E-state index contributed by atoms with van der Waals surface area (Å²) in [6, 6.07) is 5.39. The minimum Gasteiger partial charge on any atom is -0.292 e. The van der Waals surface area contributed by atoms with Crippen LogP contribution < -0.4 is 0 Å². The Morgan fingerprint density at radius 3 is 2.61 bits per heavy atom. The molecule has 1 aromatic carbocycles. The topological polar surface area (TPSA) is 34.9 Å². The van der Waals surface area contributed by atoms with Crippen LogP contribution in [0.25, 0.3) is 0 Å². The summed E-state index contributed by atoms with van der Waals surface area (Å²) in [6.07, 6.45) is 3.19. The van der Waals surface area contributed by atoms with E-state index in [-0.39, 0.29) is 11.8 Å². The van der Waals surface area contributed by atoms with Crippen molar-refractivity contribution in [2.24, 2.45) is 0 Å². The molecule has 18 heavy (non-hydrogen) atoms. The molecule has 0 aliphatic carbocycles. The Balaban J connectivity index is 2.28. The Bertz CT molecular complexity index is 589. The van der Waals surface area contributed by atoms with E-state index in [4.69, 9.17) is 11.6 Å². The fraction of sp³-hybridized carbons (Fsp3) is 0.286. The smallest absolute Gasteiger partial charge is 0.187 e. The number of carbonyl (C=O) groups excluding carboxylic acids is 1. The van der Waals surface area contributed by atoms with Gasteiger partial charge < -0.3 is 0 Å². The summed E-state index contributed by atoms with van der Waals surface area (Å²) in [4.78, 5) is 12.3. The number of hydrogen-bond donors (Lipinski definition) is 0. The second kappa shape index (κ2) is 4.94. The lowest BCUT2D eigenvalue weighted by Gasteiger charge is -2.12. The molecule has 1 aromatic heterocycles. The van der Waals surface area contributed by atoms with Gasteiger partial charge in [0.05, 0.1) is 11.2 Å². The zero-order valence-corrected chi connectivity index (χ0v) is 11.4. The molecule has 1 unspecified atom stereocenters. The van der Waals surface area contributed by atoms with Crippen molar-refractivity contribution >= 4 is 17.4 Å². The Kier molecular flexibility index (Phi) is 3.53. The van der Waals surface area contributed by atoms with Crippen molar-refractivity contribution < 1.29 is 4.79 Å². The summed E-state index contributed by atoms with van der Waals surface area (Å²) < 4.78 is 1.58. The number of aryl methyl sites for hydroxylation is 2. The first-order chi connectivity index (χ1) is 8.49. The second-order valence-electron chi connectivity index (χ2n) is 4.48. The highest BCUT2D eigenvalue weighted by molar-refractivity contribution is 6.30. The summed E-state index contributed by atoms with van der Waals surface area (Å²) in [6.45, 7) is 5.85. The molecule has 0 amide bonds. The minimum atomic E-state index is -0.348. The maximum atomic E-state index is 12.3. The van der Waals surface area contributed by atoms with E-state index in [9.17, 15) is 4.79 Å². The average Bonchev–Trinajstić information content (AvgIpc) is 2.77. The summed E-state index contributed by atoms with van der Waals surface area (Å²) in [5, 5.41) is 4.60. The normalized spacial score (nSPS) is 12.4. The first-order valence-corrected chi connectivity index (χ1v) is 6.18. The van der Waals surface area contributed by atoms with E-state index in [2.05, 4.69) is 5.10 Å². The number of halogens is 1. The van der Waals surface area contributed by atoms with Gasteiger partial charge in [-0.1, -0.05) is 23.7 Å². The van der Waals surface area contributed by atoms with Gasteiger partial charge in [-0.3, -0.25) is 9.48 Å². The van der Waals surface area contributed by atoms with E-state index in [1.165, 1.54) is 11.8 Å². The molecule has 1 atom stereocenters. The standard InChI is InChI=1S/C14H15ClN2O/c1-9-4-5-12(6-10(9)2)14(18)11(3)17-8-13(15)7-16-17/h4-8,11H,1-3H3. The molecule has 3 nitrogen and oxygen atoms in total.